The summed E-state index contributed by atoms with van der Waals surface area (Å²) in [5.41, 5.74) is 1.77. The molecule has 1 heterocycles. The maximum absolute atomic E-state index is 11.6. The Morgan fingerprint density at radius 2 is 1.76 bits per heavy atom. The van der Waals surface area contributed by atoms with Crippen LogP contribution in [0.25, 0.3) is 10.9 Å². The molecule has 0 radical (unpaired) electrons. The molecule has 6 rings (SSSR count). The van der Waals surface area contributed by atoms with Gasteiger partial charge in [-0.1, -0.05) is 6.07 Å². The first kappa shape index (κ1) is 15.1. The van der Waals surface area contributed by atoms with E-state index in [0.717, 1.165) is 28.8 Å². The summed E-state index contributed by atoms with van der Waals surface area (Å²) in [6, 6.07) is 7.42. The molecule has 1 aromatic heterocycles. The van der Waals surface area contributed by atoms with Crippen LogP contribution in [-0.2, 0) is 5.41 Å². The van der Waals surface area contributed by atoms with Crippen LogP contribution in [0.3, 0.4) is 0 Å². The van der Waals surface area contributed by atoms with Crippen LogP contribution in [0.5, 0.6) is 5.75 Å². The second-order valence-corrected chi connectivity index (χ2v) is 8.37. The average molecular weight is 338 g/mol. The highest BCUT2D eigenvalue weighted by atomic mass is 16.6. The Morgan fingerprint density at radius 3 is 2.32 bits per heavy atom. The Kier molecular flexibility index (Phi) is 3.12. The Morgan fingerprint density at radius 1 is 1.12 bits per heavy atom. The first-order chi connectivity index (χ1) is 12.1. The number of nitrogens with zero attached hydrogens (tertiary/aromatic N) is 2. The van der Waals surface area contributed by atoms with Crippen molar-refractivity contribution in [1.29, 1.82) is 0 Å². The van der Waals surface area contributed by atoms with Crippen LogP contribution >= 0.6 is 0 Å². The summed E-state index contributed by atoms with van der Waals surface area (Å²) >= 11 is 0. The number of benzene rings is 1. The van der Waals surface area contributed by atoms with Gasteiger partial charge in [0.05, 0.1) is 18.1 Å². The van der Waals surface area contributed by atoms with Gasteiger partial charge in [-0.25, -0.2) is 4.98 Å². The third-order valence-corrected chi connectivity index (χ3v) is 6.76. The van der Waals surface area contributed by atoms with Crippen molar-refractivity contribution >= 4 is 16.6 Å². The predicted octanol–water partition coefficient (Wildman–Crippen LogP) is 4.62. The lowest BCUT2D eigenvalue weighted by molar-refractivity contribution is -0.383. The number of non-ortho nitro benzene ring substituents is 1. The van der Waals surface area contributed by atoms with Crippen molar-refractivity contribution in [3.63, 3.8) is 0 Å². The fourth-order valence-electron chi connectivity index (χ4n) is 6.17. The topological polar surface area (TPSA) is 65.3 Å². The fraction of sp³-hybridized carbons (Fsp3) is 0.550. The number of rotatable bonds is 3. The molecular weight excluding hydrogens is 316 g/mol. The van der Waals surface area contributed by atoms with Crippen molar-refractivity contribution in [1.82, 2.24) is 4.98 Å². The number of fused-ring (bicyclic) bond motifs is 1. The number of nitro benzene ring substituents is 1. The molecule has 25 heavy (non-hydrogen) atoms. The minimum Gasteiger partial charge on any atom is -0.496 e. The van der Waals surface area contributed by atoms with E-state index in [0.29, 0.717) is 11.3 Å². The molecule has 5 nitrogen and oxygen atoms in total. The van der Waals surface area contributed by atoms with Crippen LogP contribution in [-0.4, -0.2) is 17.0 Å². The maximum atomic E-state index is 11.6. The summed E-state index contributed by atoms with van der Waals surface area (Å²) < 4.78 is 5.21. The molecule has 2 aromatic rings. The van der Waals surface area contributed by atoms with Gasteiger partial charge < -0.3 is 4.74 Å². The summed E-state index contributed by atoms with van der Waals surface area (Å²) in [5.74, 6) is 2.99. The SMILES string of the molecule is COc1cc([N+](=O)[O-])c2nc(C34CC5CC(CC(C5)C3)C4)ccc2c1. The molecule has 0 spiro atoms. The summed E-state index contributed by atoms with van der Waals surface area (Å²) in [7, 11) is 1.53. The van der Waals surface area contributed by atoms with Gasteiger partial charge >= 0.3 is 0 Å². The van der Waals surface area contributed by atoms with E-state index in [1.54, 1.807) is 0 Å². The maximum Gasteiger partial charge on any atom is 0.299 e. The van der Waals surface area contributed by atoms with Crippen molar-refractivity contribution in [2.45, 2.75) is 43.9 Å². The normalized spacial score (nSPS) is 32.9. The van der Waals surface area contributed by atoms with Gasteiger partial charge in [0.25, 0.3) is 5.69 Å². The van der Waals surface area contributed by atoms with E-state index in [4.69, 9.17) is 9.72 Å². The minimum atomic E-state index is -0.346. The third kappa shape index (κ3) is 2.25. The van der Waals surface area contributed by atoms with Crippen LogP contribution in [0.2, 0.25) is 0 Å². The second kappa shape index (κ2) is 5.16. The first-order valence-electron chi connectivity index (χ1n) is 9.20. The summed E-state index contributed by atoms with van der Waals surface area (Å²) in [5, 5.41) is 12.3. The zero-order valence-corrected chi connectivity index (χ0v) is 14.4. The van der Waals surface area contributed by atoms with Gasteiger partial charge in [0.1, 0.15) is 11.3 Å². The van der Waals surface area contributed by atoms with Crippen LogP contribution in [0.1, 0.15) is 44.2 Å². The second-order valence-electron chi connectivity index (χ2n) is 8.37. The van der Waals surface area contributed by atoms with Crippen molar-refractivity contribution in [2.75, 3.05) is 7.11 Å². The number of methoxy groups -OCH3 is 1. The molecule has 1 aromatic carbocycles. The van der Waals surface area contributed by atoms with Gasteiger partial charge in [-0.2, -0.15) is 0 Å². The van der Waals surface area contributed by atoms with Crippen molar-refractivity contribution in [3.8, 4) is 5.75 Å². The van der Waals surface area contributed by atoms with E-state index < -0.39 is 0 Å². The molecule has 4 aliphatic rings. The van der Waals surface area contributed by atoms with E-state index in [9.17, 15) is 10.1 Å². The molecule has 4 bridgehead atoms. The van der Waals surface area contributed by atoms with Gasteiger partial charge in [-0.05, 0) is 68.4 Å². The van der Waals surface area contributed by atoms with Crippen LogP contribution in [0.15, 0.2) is 24.3 Å². The highest BCUT2D eigenvalue weighted by molar-refractivity contribution is 5.89. The van der Waals surface area contributed by atoms with E-state index in [1.807, 2.05) is 12.1 Å². The zero-order chi connectivity index (χ0) is 17.2. The molecule has 5 heteroatoms. The average Bonchev–Trinajstić information content (AvgIpc) is 2.59. The Bertz CT molecular complexity index is 841. The Balaban J connectivity index is 1.65. The molecule has 0 unspecified atom stereocenters. The van der Waals surface area contributed by atoms with E-state index in [-0.39, 0.29) is 16.0 Å². The van der Waals surface area contributed by atoms with Crippen LogP contribution < -0.4 is 4.74 Å². The van der Waals surface area contributed by atoms with E-state index >= 15 is 0 Å². The molecule has 130 valence electrons. The number of pyridine rings is 1. The fourth-order valence-corrected chi connectivity index (χ4v) is 6.17. The van der Waals surface area contributed by atoms with Crippen LogP contribution in [0, 0.1) is 27.9 Å². The Hall–Kier alpha value is -2.17. The largest absolute Gasteiger partial charge is 0.496 e. The van der Waals surface area contributed by atoms with Crippen molar-refractivity contribution in [3.05, 3.63) is 40.1 Å². The third-order valence-electron chi connectivity index (χ3n) is 6.76. The summed E-state index contributed by atoms with van der Waals surface area (Å²) in [6.45, 7) is 0. The number of aromatic nitrogens is 1. The van der Waals surface area contributed by atoms with Crippen LogP contribution in [0.4, 0.5) is 5.69 Å². The molecule has 0 N–H and O–H groups in total. The predicted molar refractivity (Wildman–Crippen MR) is 94.8 cm³/mol. The van der Waals surface area contributed by atoms with Gasteiger partial charge in [0, 0.05) is 16.5 Å². The number of ether oxygens (including phenoxy) is 1. The molecule has 4 saturated carbocycles. The molecule has 4 aliphatic carbocycles. The summed E-state index contributed by atoms with van der Waals surface area (Å²) in [4.78, 5) is 16.1. The minimum absolute atomic E-state index is 0.0425. The lowest BCUT2D eigenvalue weighted by Gasteiger charge is -2.56. The van der Waals surface area contributed by atoms with E-state index in [1.165, 1.54) is 51.7 Å². The van der Waals surface area contributed by atoms with E-state index in [2.05, 4.69) is 6.07 Å². The van der Waals surface area contributed by atoms with Crippen molar-refractivity contribution in [2.24, 2.45) is 17.8 Å². The molecule has 0 aliphatic heterocycles. The quantitative estimate of drug-likeness (QED) is 0.605. The molecule has 4 fully saturated rings. The number of hydrogen-bond acceptors (Lipinski definition) is 4. The molecular formula is C20H22N2O3. The highest BCUT2D eigenvalue weighted by Gasteiger charge is 2.52. The van der Waals surface area contributed by atoms with Gasteiger partial charge in [-0.15, -0.1) is 0 Å². The lowest BCUT2D eigenvalue weighted by Crippen LogP contribution is -2.48. The van der Waals surface area contributed by atoms with Gasteiger partial charge in [0.2, 0.25) is 0 Å². The van der Waals surface area contributed by atoms with Crippen molar-refractivity contribution < 1.29 is 9.66 Å². The summed E-state index contributed by atoms with van der Waals surface area (Å²) in [6.07, 6.45) is 7.77. The zero-order valence-electron chi connectivity index (χ0n) is 14.4. The number of hydrogen-bond donors (Lipinski definition) is 0. The smallest absolute Gasteiger partial charge is 0.299 e. The molecule has 0 atom stereocenters. The monoisotopic (exact) mass is 338 g/mol. The lowest BCUT2D eigenvalue weighted by atomic mass is 9.49. The Labute approximate surface area is 146 Å². The molecule has 0 saturated heterocycles. The van der Waals surface area contributed by atoms with Gasteiger partial charge in [-0.3, -0.25) is 10.1 Å². The highest BCUT2D eigenvalue weighted by Crippen LogP contribution is 2.60. The first-order valence-corrected chi connectivity index (χ1v) is 9.20. The number of nitro groups is 1. The standard InChI is InChI=1S/C20H22N2O3/c1-25-16-7-15-2-3-18(21-19(15)17(8-16)22(23)24)20-9-12-4-13(10-20)6-14(5-12)11-20/h2-3,7-8,12-14H,4-6,9-11H2,1H3. The molecule has 0 amide bonds. The van der Waals surface area contributed by atoms with Gasteiger partial charge in [0.15, 0.2) is 0 Å².